The zero-order chi connectivity index (χ0) is 12.2. The molecule has 92 valence electrons. The van der Waals surface area contributed by atoms with Crippen molar-refractivity contribution in [3.8, 4) is 0 Å². The van der Waals surface area contributed by atoms with Crippen molar-refractivity contribution in [3.63, 3.8) is 0 Å². The number of halogens is 1. The SMILES string of the molecule is CCNC(CCC(C)(C)C)c1sccc1Br. The molecule has 0 spiro atoms. The maximum Gasteiger partial charge on any atom is 0.0426 e. The lowest BCUT2D eigenvalue weighted by molar-refractivity contribution is 0.335. The summed E-state index contributed by atoms with van der Waals surface area (Å²) >= 11 is 5.47. The fraction of sp³-hybridized carbons (Fsp3) is 0.692. The van der Waals surface area contributed by atoms with Crippen molar-refractivity contribution < 1.29 is 0 Å². The molecule has 1 aromatic rings. The summed E-state index contributed by atoms with van der Waals surface area (Å²) in [5, 5.41) is 5.73. The van der Waals surface area contributed by atoms with Crippen molar-refractivity contribution in [2.45, 2.75) is 46.6 Å². The molecule has 1 N–H and O–H groups in total. The molecule has 0 aromatic carbocycles. The van der Waals surface area contributed by atoms with Gasteiger partial charge in [0.15, 0.2) is 0 Å². The van der Waals surface area contributed by atoms with Crippen LogP contribution in [0, 0.1) is 5.41 Å². The second-order valence-electron chi connectivity index (χ2n) is 5.34. The zero-order valence-corrected chi connectivity index (χ0v) is 13.0. The molecule has 1 aromatic heterocycles. The summed E-state index contributed by atoms with van der Waals surface area (Å²) < 4.78 is 1.25. The van der Waals surface area contributed by atoms with Crippen LogP contribution in [-0.4, -0.2) is 6.54 Å². The van der Waals surface area contributed by atoms with Gasteiger partial charge in [-0.25, -0.2) is 0 Å². The number of rotatable bonds is 5. The molecule has 0 bridgehead atoms. The summed E-state index contributed by atoms with van der Waals surface area (Å²) in [4.78, 5) is 1.44. The van der Waals surface area contributed by atoms with Crippen LogP contribution in [0.3, 0.4) is 0 Å². The first-order valence-electron chi connectivity index (χ1n) is 5.90. The van der Waals surface area contributed by atoms with Gasteiger partial charge in [0.05, 0.1) is 0 Å². The summed E-state index contributed by atoms with van der Waals surface area (Å²) in [5.74, 6) is 0. The maximum absolute atomic E-state index is 3.63. The number of hydrogen-bond acceptors (Lipinski definition) is 2. The van der Waals surface area contributed by atoms with Gasteiger partial charge in [-0.15, -0.1) is 11.3 Å². The molecule has 1 heterocycles. The highest BCUT2D eigenvalue weighted by Crippen LogP contribution is 2.34. The number of hydrogen-bond donors (Lipinski definition) is 1. The normalized spacial score (nSPS) is 14.1. The molecule has 1 nitrogen and oxygen atoms in total. The summed E-state index contributed by atoms with van der Waals surface area (Å²) in [7, 11) is 0. The van der Waals surface area contributed by atoms with E-state index < -0.39 is 0 Å². The summed E-state index contributed by atoms with van der Waals surface area (Å²) in [6, 6.07) is 2.64. The molecule has 0 aliphatic rings. The summed E-state index contributed by atoms with van der Waals surface area (Å²) in [5.41, 5.74) is 0.414. The van der Waals surface area contributed by atoms with Gasteiger partial charge in [-0.3, -0.25) is 0 Å². The first-order chi connectivity index (χ1) is 7.44. The van der Waals surface area contributed by atoms with E-state index in [1.54, 1.807) is 0 Å². The topological polar surface area (TPSA) is 12.0 Å². The molecule has 0 amide bonds. The van der Waals surface area contributed by atoms with Crippen LogP contribution < -0.4 is 5.32 Å². The molecule has 0 radical (unpaired) electrons. The van der Waals surface area contributed by atoms with Crippen LogP contribution >= 0.6 is 27.3 Å². The zero-order valence-electron chi connectivity index (χ0n) is 10.6. The van der Waals surface area contributed by atoms with Crippen LogP contribution in [0.2, 0.25) is 0 Å². The Bertz CT molecular complexity index is 314. The maximum atomic E-state index is 3.63. The van der Waals surface area contributed by atoms with E-state index in [4.69, 9.17) is 0 Å². The van der Waals surface area contributed by atoms with Crippen molar-refractivity contribution in [2.24, 2.45) is 5.41 Å². The van der Waals surface area contributed by atoms with E-state index in [2.05, 4.69) is 60.4 Å². The minimum atomic E-state index is 0.414. The lowest BCUT2D eigenvalue weighted by atomic mass is 9.88. The van der Waals surface area contributed by atoms with Crippen LogP contribution in [0.1, 0.15) is 51.5 Å². The van der Waals surface area contributed by atoms with Crippen LogP contribution in [0.4, 0.5) is 0 Å². The Morgan fingerprint density at radius 2 is 2.12 bits per heavy atom. The van der Waals surface area contributed by atoms with E-state index in [0.717, 1.165) is 6.54 Å². The summed E-state index contributed by atoms with van der Waals surface area (Å²) in [6.45, 7) is 10.1. The Labute approximate surface area is 112 Å². The smallest absolute Gasteiger partial charge is 0.0426 e. The lowest BCUT2D eigenvalue weighted by Crippen LogP contribution is -2.22. The monoisotopic (exact) mass is 303 g/mol. The van der Waals surface area contributed by atoms with Gasteiger partial charge >= 0.3 is 0 Å². The molecule has 1 unspecified atom stereocenters. The summed E-state index contributed by atoms with van der Waals surface area (Å²) in [6.07, 6.45) is 2.45. The molecule has 0 aliphatic carbocycles. The predicted octanol–water partition coefficient (Wildman–Crippen LogP) is 4.99. The van der Waals surface area contributed by atoms with Gasteiger partial charge in [0.1, 0.15) is 0 Å². The van der Waals surface area contributed by atoms with Gasteiger partial charge in [-0.2, -0.15) is 0 Å². The average molecular weight is 304 g/mol. The van der Waals surface area contributed by atoms with Gasteiger partial charge in [-0.1, -0.05) is 27.7 Å². The third-order valence-corrected chi connectivity index (χ3v) is 4.58. The largest absolute Gasteiger partial charge is 0.309 e. The van der Waals surface area contributed by atoms with Gasteiger partial charge in [0.2, 0.25) is 0 Å². The van der Waals surface area contributed by atoms with Crippen molar-refractivity contribution in [1.29, 1.82) is 0 Å². The molecule has 16 heavy (non-hydrogen) atoms. The van der Waals surface area contributed by atoms with Crippen molar-refractivity contribution in [3.05, 3.63) is 20.8 Å². The highest BCUT2D eigenvalue weighted by Gasteiger charge is 2.18. The van der Waals surface area contributed by atoms with Crippen LogP contribution in [0.25, 0.3) is 0 Å². The van der Waals surface area contributed by atoms with Crippen molar-refractivity contribution in [2.75, 3.05) is 6.54 Å². The van der Waals surface area contributed by atoms with E-state index in [0.29, 0.717) is 11.5 Å². The molecule has 0 saturated carbocycles. The molecule has 0 aliphatic heterocycles. The van der Waals surface area contributed by atoms with Gasteiger partial charge in [0, 0.05) is 15.4 Å². The van der Waals surface area contributed by atoms with E-state index >= 15 is 0 Å². The van der Waals surface area contributed by atoms with Gasteiger partial charge < -0.3 is 5.32 Å². The van der Waals surface area contributed by atoms with Gasteiger partial charge in [0.25, 0.3) is 0 Å². The molecule has 0 saturated heterocycles. The molecule has 3 heteroatoms. The van der Waals surface area contributed by atoms with Crippen LogP contribution in [0.5, 0.6) is 0 Å². The van der Waals surface area contributed by atoms with E-state index in [1.165, 1.54) is 22.2 Å². The van der Waals surface area contributed by atoms with Gasteiger partial charge in [-0.05, 0) is 52.2 Å². The van der Waals surface area contributed by atoms with Crippen molar-refractivity contribution >= 4 is 27.3 Å². The highest BCUT2D eigenvalue weighted by atomic mass is 79.9. The van der Waals surface area contributed by atoms with Crippen LogP contribution in [0.15, 0.2) is 15.9 Å². The van der Waals surface area contributed by atoms with Crippen LogP contribution in [-0.2, 0) is 0 Å². The third kappa shape index (κ3) is 4.56. The molecule has 1 rings (SSSR count). The highest BCUT2D eigenvalue weighted by molar-refractivity contribution is 9.10. The quantitative estimate of drug-likeness (QED) is 0.808. The van der Waals surface area contributed by atoms with E-state index in [-0.39, 0.29) is 0 Å². The Hall–Kier alpha value is 0.140. The molecular weight excluding hydrogens is 282 g/mol. The number of thiophene rings is 1. The van der Waals surface area contributed by atoms with Crippen molar-refractivity contribution in [1.82, 2.24) is 5.32 Å². The second-order valence-corrected chi connectivity index (χ2v) is 7.14. The first-order valence-corrected chi connectivity index (χ1v) is 7.57. The predicted molar refractivity (Wildman–Crippen MR) is 77.1 cm³/mol. The standard InChI is InChI=1S/C13H22BrNS/c1-5-15-11(6-8-13(2,3)4)12-10(14)7-9-16-12/h7,9,11,15H,5-6,8H2,1-4H3. The average Bonchev–Trinajstić information content (AvgIpc) is 2.57. The Morgan fingerprint density at radius 3 is 2.56 bits per heavy atom. The van der Waals surface area contributed by atoms with E-state index in [9.17, 15) is 0 Å². The third-order valence-electron chi connectivity index (χ3n) is 2.59. The lowest BCUT2D eigenvalue weighted by Gasteiger charge is -2.23. The fourth-order valence-corrected chi connectivity index (χ4v) is 3.46. The first kappa shape index (κ1) is 14.2. The minimum Gasteiger partial charge on any atom is -0.309 e. The Kier molecular flexibility index (Phi) is 5.48. The molecule has 0 fully saturated rings. The fourth-order valence-electron chi connectivity index (χ4n) is 1.70. The molecule has 1 atom stereocenters. The molecular formula is C13H22BrNS. The Balaban J connectivity index is 2.65. The Morgan fingerprint density at radius 1 is 1.44 bits per heavy atom. The minimum absolute atomic E-state index is 0.414. The van der Waals surface area contributed by atoms with E-state index in [1.807, 2.05) is 11.3 Å². The second kappa shape index (κ2) is 6.18. The number of nitrogens with one attached hydrogen (secondary N) is 1.